The molecule has 1 fully saturated rings. The van der Waals surface area contributed by atoms with Gasteiger partial charge in [-0.25, -0.2) is 4.79 Å². The van der Waals surface area contributed by atoms with Crippen molar-refractivity contribution in [2.45, 2.75) is 32.6 Å². The lowest BCUT2D eigenvalue weighted by molar-refractivity contribution is 0.129. The van der Waals surface area contributed by atoms with Crippen LogP contribution in [0.4, 0.5) is 4.79 Å². The molecule has 0 atom stereocenters. The molecular formula is C17H23NO2. The van der Waals surface area contributed by atoms with Crippen molar-refractivity contribution >= 4 is 12.2 Å². The Kier molecular flexibility index (Phi) is 4.83. The molecule has 0 saturated carbocycles. The van der Waals surface area contributed by atoms with Gasteiger partial charge in [-0.05, 0) is 35.8 Å². The predicted molar refractivity (Wildman–Crippen MR) is 81.9 cm³/mol. The van der Waals surface area contributed by atoms with Gasteiger partial charge < -0.3 is 10.0 Å². The molecule has 0 unspecified atom stereocenters. The van der Waals surface area contributed by atoms with Crippen LogP contribution in [-0.4, -0.2) is 29.2 Å². The van der Waals surface area contributed by atoms with E-state index in [1.807, 2.05) is 0 Å². The van der Waals surface area contributed by atoms with E-state index in [0.717, 1.165) is 12.8 Å². The van der Waals surface area contributed by atoms with E-state index < -0.39 is 6.09 Å². The zero-order valence-electron chi connectivity index (χ0n) is 12.2. The molecule has 2 rings (SSSR count). The van der Waals surface area contributed by atoms with E-state index >= 15 is 0 Å². The molecule has 108 valence electrons. The maximum Gasteiger partial charge on any atom is 0.407 e. The molecule has 0 aromatic heterocycles. The second kappa shape index (κ2) is 6.60. The number of hydrogen-bond acceptors (Lipinski definition) is 1. The molecule has 3 heteroatoms. The number of allylic oxidation sites excluding steroid dienone is 1. The Bertz CT molecular complexity index is 468. The molecule has 20 heavy (non-hydrogen) atoms. The SMILES string of the molecule is CC(C)c1ccc(/C=C/C2CCN(C(=O)O)CC2)cc1. The van der Waals surface area contributed by atoms with E-state index in [-0.39, 0.29) is 0 Å². The molecule has 1 aromatic rings. The van der Waals surface area contributed by atoms with Gasteiger partial charge in [0.2, 0.25) is 0 Å². The summed E-state index contributed by atoms with van der Waals surface area (Å²) in [4.78, 5) is 12.3. The van der Waals surface area contributed by atoms with Crippen LogP contribution in [0.25, 0.3) is 6.08 Å². The first-order valence-electron chi connectivity index (χ1n) is 7.32. The van der Waals surface area contributed by atoms with Crippen molar-refractivity contribution in [2.24, 2.45) is 5.92 Å². The Morgan fingerprint density at radius 3 is 2.35 bits per heavy atom. The lowest BCUT2D eigenvalue weighted by Gasteiger charge is -2.28. The van der Waals surface area contributed by atoms with Crippen LogP contribution >= 0.6 is 0 Å². The van der Waals surface area contributed by atoms with Crippen LogP contribution < -0.4 is 0 Å². The average molecular weight is 273 g/mol. The number of piperidine rings is 1. The Morgan fingerprint density at radius 2 is 1.85 bits per heavy atom. The maximum absolute atomic E-state index is 10.8. The van der Waals surface area contributed by atoms with Crippen molar-refractivity contribution in [1.29, 1.82) is 0 Å². The van der Waals surface area contributed by atoms with Crippen LogP contribution in [0.5, 0.6) is 0 Å². The van der Waals surface area contributed by atoms with Crippen molar-refractivity contribution in [3.8, 4) is 0 Å². The van der Waals surface area contributed by atoms with Gasteiger partial charge in [0.25, 0.3) is 0 Å². The topological polar surface area (TPSA) is 40.5 Å². The highest BCUT2D eigenvalue weighted by molar-refractivity contribution is 5.65. The summed E-state index contributed by atoms with van der Waals surface area (Å²) in [5, 5.41) is 8.91. The van der Waals surface area contributed by atoms with Crippen molar-refractivity contribution < 1.29 is 9.90 Å². The van der Waals surface area contributed by atoms with Gasteiger partial charge in [-0.15, -0.1) is 0 Å². The highest BCUT2D eigenvalue weighted by Crippen LogP contribution is 2.20. The standard InChI is InChI=1S/C17H23NO2/c1-13(2)16-7-5-14(6-8-16)3-4-15-9-11-18(12-10-15)17(19)20/h3-8,13,15H,9-12H2,1-2H3,(H,19,20)/b4-3+. The third kappa shape index (κ3) is 3.86. The van der Waals surface area contributed by atoms with E-state index in [1.54, 1.807) is 0 Å². The molecule has 1 saturated heterocycles. The van der Waals surface area contributed by atoms with Crippen LogP contribution in [0.3, 0.4) is 0 Å². The quantitative estimate of drug-likeness (QED) is 0.896. The highest BCUT2D eigenvalue weighted by atomic mass is 16.4. The fourth-order valence-corrected chi connectivity index (χ4v) is 2.52. The zero-order chi connectivity index (χ0) is 14.5. The lowest BCUT2D eigenvalue weighted by atomic mass is 9.95. The monoisotopic (exact) mass is 273 g/mol. The summed E-state index contributed by atoms with van der Waals surface area (Å²) >= 11 is 0. The molecule has 1 heterocycles. The molecule has 0 spiro atoms. The summed E-state index contributed by atoms with van der Waals surface area (Å²) < 4.78 is 0. The van der Waals surface area contributed by atoms with Gasteiger partial charge in [-0.1, -0.05) is 50.3 Å². The minimum atomic E-state index is -0.795. The van der Waals surface area contributed by atoms with E-state index in [1.165, 1.54) is 16.0 Å². The van der Waals surface area contributed by atoms with Gasteiger partial charge >= 0.3 is 6.09 Å². The Hall–Kier alpha value is -1.77. The van der Waals surface area contributed by atoms with Crippen molar-refractivity contribution in [3.05, 3.63) is 41.5 Å². The van der Waals surface area contributed by atoms with Gasteiger partial charge in [0.15, 0.2) is 0 Å². The summed E-state index contributed by atoms with van der Waals surface area (Å²) in [6.45, 7) is 5.69. The van der Waals surface area contributed by atoms with E-state index in [0.29, 0.717) is 24.9 Å². The molecule has 1 N–H and O–H groups in total. The average Bonchev–Trinajstić information content (AvgIpc) is 2.46. The molecule has 1 aromatic carbocycles. The minimum Gasteiger partial charge on any atom is -0.465 e. The van der Waals surface area contributed by atoms with E-state index in [9.17, 15) is 4.79 Å². The third-order valence-corrected chi connectivity index (χ3v) is 3.97. The number of likely N-dealkylation sites (tertiary alicyclic amines) is 1. The second-order valence-corrected chi connectivity index (χ2v) is 5.79. The fourth-order valence-electron chi connectivity index (χ4n) is 2.52. The Morgan fingerprint density at radius 1 is 1.25 bits per heavy atom. The van der Waals surface area contributed by atoms with Crippen LogP contribution in [0, 0.1) is 5.92 Å². The van der Waals surface area contributed by atoms with E-state index in [2.05, 4.69) is 50.3 Å². The Balaban J connectivity index is 1.89. The number of nitrogens with zero attached hydrogens (tertiary/aromatic N) is 1. The number of benzene rings is 1. The Labute approximate surface area is 120 Å². The van der Waals surface area contributed by atoms with Crippen LogP contribution in [0.15, 0.2) is 30.3 Å². The number of rotatable bonds is 3. The first-order chi connectivity index (χ1) is 9.56. The van der Waals surface area contributed by atoms with Crippen molar-refractivity contribution in [3.63, 3.8) is 0 Å². The summed E-state index contributed by atoms with van der Waals surface area (Å²) in [6, 6.07) is 8.66. The second-order valence-electron chi connectivity index (χ2n) is 5.79. The number of carbonyl (C=O) groups is 1. The summed E-state index contributed by atoms with van der Waals surface area (Å²) in [7, 11) is 0. The molecule has 1 aliphatic heterocycles. The van der Waals surface area contributed by atoms with Gasteiger partial charge in [0.1, 0.15) is 0 Å². The van der Waals surface area contributed by atoms with Gasteiger partial charge in [0.05, 0.1) is 0 Å². The van der Waals surface area contributed by atoms with Gasteiger partial charge in [0, 0.05) is 13.1 Å². The molecular weight excluding hydrogens is 250 g/mol. The van der Waals surface area contributed by atoms with Crippen LogP contribution in [0.1, 0.15) is 43.7 Å². The number of hydrogen-bond donors (Lipinski definition) is 1. The number of carboxylic acid groups (broad SMARTS) is 1. The molecule has 0 radical (unpaired) electrons. The predicted octanol–water partition coefficient (Wildman–Crippen LogP) is 4.21. The van der Waals surface area contributed by atoms with Crippen molar-refractivity contribution in [2.75, 3.05) is 13.1 Å². The normalized spacial score (nSPS) is 17.1. The maximum atomic E-state index is 10.8. The summed E-state index contributed by atoms with van der Waals surface area (Å²) in [5.74, 6) is 1.06. The van der Waals surface area contributed by atoms with Crippen LogP contribution in [-0.2, 0) is 0 Å². The third-order valence-electron chi connectivity index (χ3n) is 3.97. The first kappa shape index (κ1) is 14.6. The zero-order valence-corrected chi connectivity index (χ0v) is 12.2. The smallest absolute Gasteiger partial charge is 0.407 e. The highest BCUT2D eigenvalue weighted by Gasteiger charge is 2.20. The summed E-state index contributed by atoms with van der Waals surface area (Å²) in [5.41, 5.74) is 2.58. The summed E-state index contributed by atoms with van der Waals surface area (Å²) in [6.07, 6.45) is 5.44. The molecule has 1 amide bonds. The van der Waals surface area contributed by atoms with Gasteiger partial charge in [-0.3, -0.25) is 0 Å². The molecule has 0 aliphatic carbocycles. The first-order valence-corrected chi connectivity index (χ1v) is 7.32. The van der Waals surface area contributed by atoms with Crippen LogP contribution in [0.2, 0.25) is 0 Å². The largest absolute Gasteiger partial charge is 0.465 e. The number of amides is 1. The fraction of sp³-hybridized carbons (Fsp3) is 0.471. The van der Waals surface area contributed by atoms with Gasteiger partial charge in [-0.2, -0.15) is 0 Å². The van der Waals surface area contributed by atoms with Crippen molar-refractivity contribution in [1.82, 2.24) is 4.90 Å². The molecule has 1 aliphatic rings. The minimum absolute atomic E-state index is 0.496. The van der Waals surface area contributed by atoms with E-state index in [4.69, 9.17) is 5.11 Å². The lowest BCUT2D eigenvalue weighted by Crippen LogP contribution is -2.36. The molecule has 3 nitrogen and oxygen atoms in total. The molecule has 0 bridgehead atoms.